The smallest absolute Gasteiger partial charge is 0.177 e. The van der Waals surface area contributed by atoms with Gasteiger partial charge in [-0.1, -0.05) is 59.2 Å². The predicted molar refractivity (Wildman–Crippen MR) is 102 cm³/mol. The van der Waals surface area contributed by atoms with Crippen LogP contribution in [-0.4, -0.2) is 29.7 Å². The third kappa shape index (κ3) is 3.58. The normalized spacial score (nSPS) is 24.2. The average molecular weight is 355 g/mol. The van der Waals surface area contributed by atoms with Gasteiger partial charge in [0.25, 0.3) is 0 Å². The number of nitrogens with zero attached hydrogens (tertiary/aromatic N) is 2. The molecule has 2 bridgehead atoms. The Kier molecular flexibility index (Phi) is 4.78. The molecular formula is C21H23ClN2O. The summed E-state index contributed by atoms with van der Waals surface area (Å²) < 4.78 is 0. The van der Waals surface area contributed by atoms with E-state index < -0.39 is 0 Å². The van der Waals surface area contributed by atoms with Crippen LogP contribution in [0.1, 0.15) is 42.9 Å². The third-order valence-electron chi connectivity index (χ3n) is 5.49. The summed E-state index contributed by atoms with van der Waals surface area (Å²) in [5, 5.41) is 5.32. The maximum absolute atomic E-state index is 6.08. The van der Waals surface area contributed by atoms with Gasteiger partial charge in [0, 0.05) is 29.9 Å². The minimum atomic E-state index is -0.205. The minimum absolute atomic E-state index is 0.205. The number of benzene rings is 2. The number of halogens is 1. The number of piperidine rings is 1. The van der Waals surface area contributed by atoms with E-state index in [1.807, 2.05) is 42.5 Å². The summed E-state index contributed by atoms with van der Waals surface area (Å²) >= 11 is 6.04. The van der Waals surface area contributed by atoms with Gasteiger partial charge in [0.1, 0.15) is 0 Å². The Morgan fingerprint density at radius 1 is 0.960 bits per heavy atom. The van der Waals surface area contributed by atoms with Crippen molar-refractivity contribution in [3.63, 3.8) is 0 Å². The monoisotopic (exact) mass is 354 g/mol. The topological polar surface area (TPSA) is 24.8 Å². The Bertz CT molecular complexity index is 728. The Morgan fingerprint density at radius 2 is 1.56 bits per heavy atom. The summed E-state index contributed by atoms with van der Waals surface area (Å²) in [6, 6.07) is 19.3. The molecule has 0 amide bonds. The number of fused-ring (bicyclic) bond motifs is 2. The van der Waals surface area contributed by atoms with Crippen molar-refractivity contribution in [1.29, 1.82) is 0 Å². The summed E-state index contributed by atoms with van der Waals surface area (Å²) in [6.45, 7) is 0. The summed E-state index contributed by atoms with van der Waals surface area (Å²) in [5.74, 6) is 0. The van der Waals surface area contributed by atoms with E-state index in [0.29, 0.717) is 12.1 Å². The van der Waals surface area contributed by atoms with Crippen LogP contribution in [0, 0.1) is 0 Å². The first-order valence-electron chi connectivity index (χ1n) is 8.94. The van der Waals surface area contributed by atoms with Crippen LogP contribution in [0.5, 0.6) is 0 Å². The molecule has 2 aliphatic heterocycles. The molecule has 2 aromatic rings. The van der Waals surface area contributed by atoms with E-state index in [2.05, 4.69) is 29.2 Å². The molecule has 130 valence electrons. The zero-order valence-corrected chi connectivity index (χ0v) is 15.2. The van der Waals surface area contributed by atoms with E-state index >= 15 is 0 Å². The fraction of sp³-hybridized carbons (Fsp3) is 0.381. The molecule has 2 saturated heterocycles. The zero-order valence-electron chi connectivity index (χ0n) is 14.4. The molecule has 3 unspecified atom stereocenters. The second kappa shape index (κ2) is 7.19. The number of hydrogen-bond donors (Lipinski definition) is 0. The van der Waals surface area contributed by atoms with Gasteiger partial charge in [0.05, 0.1) is 5.71 Å². The number of oxime groups is 1. The highest BCUT2D eigenvalue weighted by atomic mass is 35.5. The lowest BCUT2D eigenvalue weighted by Crippen LogP contribution is -2.40. The van der Waals surface area contributed by atoms with Gasteiger partial charge in [0.15, 0.2) is 6.10 Å². The molecule has 2 aliphatic rings. The van der Waals surface area contributed by atoms with Crippen molar-refractivity contribution >= 4 is 17.3 Å². The first-order valence-corrected chi connectivity index (χ1v) is 9.32. The van der Waals surface area contributed by atoms with Gasteiger partial charge in [-0.2, -0.15) is 0 Å². The molecule has 0 aromatic heterocycles. The molecule has 0 aliphatic carbocycles. The van der Waals surface area contributed by atoms with Gasteiger partial charge in [-0.3, -0.25) is 4.90 Å². The lowest BCUT2D eigenvalue weighted by atomic mass is 10.0. The Morgan fingerprint density at radius 3 is 2.20 bits per heavy atom. The molecule has 3 atom stereocenters. The lowest BCUT2D eigenvalue weighted by molar-refractivity contribution is 0.0839. The standard InChI is InChI=1S/C21H23ClN2O/c1-24-19-11-12-20(24)14-18(13-19)23-25-21(15-5-3-2-4-6-15)16-7-9-17(22)10-8-16/h2-10,19-21H,11-14H2,1H3. The molecule has 0 spiro atoms. The van der Waals surface area contributed by atoms with Crippen molar-refractivity contribution in [3.05, 3.63) is 70.7 Å². The lowest BCUT2D eigenvalue weighted by Gasteiger charge is -2.31. The summed E-state index contributed by atoms with van der Waals surface area (Å²) in [4.78, 5) is 8.59. The fourth-order valence-electron chi connectivity index (χ4n) is 3.99. The van der Waals surface area contributed by atoms with Crippen molar-refractivity contribution < 1.29 is 4.84 Å². The molecule has 3 nitrogen and oxygen atoms in total. The first kappa shape index (κ1) is 16.6. The molecule has 2 fully saturated rings. The van der Waals surface area contributed by atoms with Crippen LogP contribution in [0.25, 0.3) is 0 Å². The first-order chi connectivity index (χ1) is 12.2. The SMILES string of the molecule is CN1C2CCC1CC(=NOC(c1ccccc1)c1ccc(Cl)cc1)C2. The number of rotatable bonds is 4. The molecule has 0 N–H and O–H groups in total. The number of hydrogen-bond acceptors (Lipinski definition) is 3. The van der Waals surface area contributed by atoms with E-state index in [9.17, 15) is 0 Å². The van der Waals surface area contributed by atoms with Crippen molar-refractivity contribution in [1.82, 2.24) is 4.90 Å². The molecule has 4 heteroatoms. The quantitative estimate of drug-likeness (QED) is 0.717. The second-order valence-electron chi connectivity index (χ2n) is 7.06. The van der Waals surface area contributed by atoms with Crippen molar-refractivity contribution in [2.24, 2.45) is 5.16 Å². The Labute approximate surface area is 154 Å². The summed E-state index contributed by atoms with van der Waals surface area (Å²) in [5.41, 5.74) is 3.36. The van der Waals surface area contributed by atoms with Gasteiger partial charge in [-0.05, 0) is 43.1 Å². The molecular weight excluding hydrogens is 332 g/mol. The maximum Gasteiger partial charge on any atom is 0.177 e. The van der Waals surface area contributed by atoms with Gasteiger partial charge < -0.3 is 4.84 Å². The molecule has 25 heavy (non-hydrogen) atoms. The van der Waals surface area contributed by atoms with Gasteiger partial charge in [-0.25, -0.2) is 0 Å². The van der Waals surface area contributed by atoms with Crippen LogP contribution in [0.4, 0.5) is 0 Å². The Balaban J connectivity index is 1.57. The van der Waals surface area contributed by atoms with Gasteiger partial charge in [-0.15, -0.1) is 0 Å². The molecule has 2 heterocycles. The average Bonchev–Trinajstić information content (AvgIpc) is 2.85. The minimum Gasteiger partial charge on any atom is -0.383 e. The van der Waals surface area contributed by atoms with Gasteiger partial charge in [0.2, 0.25) is 0 Å². The van der Waals surface area contributed by atoms with E-state index in [4.69, 9.17) is 16.4 Å². The van der Waals surface area contributed by atoms with E-state index in [-0.39, 0.29) is 6.10 Å². The van der Waals surface area contributed by atoms with Crippen LogP contribution in [0.15, 0.2) is 59.8 Å². The van der Waals surface area contributed by atoms with Crippen LogP contribution in [0.3, 0.4) is 0 Å². The van der Waals surface area contributed by atoms with Gasteiger partial charge >= 0.3 is 0 Å². The largest absolute Gasteiger partial charge is 0.383 e. The molecule has 2 aromatic carbocycles. The molecule has 4 rings (SSSR count). The maximum atomic E-state index is 6.08. The van der Waals surface area contributed by atoms with E-state index in [1.165, 1.54) is 18.6 Å². The predicted octanol–water partition coefficient (Wildman–Crippen LogP) is 5.06. The van der Waals surface area contributed by atoms with Crippen LogP contribution < -0.4 is 0 Å². The van der Waals surface area contributed by atoms with E-state index in [0.717, 1.165) is 29.0 Å². The highest BCUT2D eigenvalue weighted by Gasteiger charge is 2.37. The van der Waals surface area contributed by atoms with Crippen LogP contribution in [-0.2, 0) is 4.84 Å². The van der Waals surface area contributed by atoms with E-state index in [1.54, 1.807) is 0 Å². The van der Waals surface area contributed by atoms with Crippen LogP contribution >= 0.6 is 11.6 Å². The fourth-order valence-corrected chi connectivity index (χ4v) is 4.12. The Hall–Kier alpha value is -1.84. The molecule has 0 radical (unpaired) electrons. The molecule has 0 saturated carbocycles. The van der Waals surface area contributed by atoms with Crippen molar-refractivity contribution in [2.75, 3.05) is 7.05 Å². The highest BCUT2D eigenvalue weighted by Crippen LogP contribution is 2.34. The van der Waals surface area contributed by atoms with Crippen LogP contribution in [0.2, 0.25) is 5.02 Å². The highest BCUT2D eigenvalue weighted by molar-refractivity contribution is 6.30. The third-order valence-corrected chi connectivity index (χ3v) is 5.74. The van der Waals surface area contributed by atoms with Crippen molar-refractivity contribution in [3.8, 4) is 0 Å². The summed E-state index contributed by atoms with van der Waals surface area (Å²) in [7, 11) is 2.24. The van der Waals surface area contributed by atoms with Crippen molar-refractivity contribution in [2.45, 2.75) is 43.9 Å². The second-order valence-corrected chi connectivity index (χ2v) is 7.50. The summed E-state index contributed by atoms with van der Waals surface area (Å²) in [6.07, 6.45) is 4.40. The zero-order chi connectivity index (χ0) is 17.2.